The molecule has 19 heavy (non-hydrogen) atoms. The van der Waals surface area contributed by atoms with Gasteiger partial charge in [-0.3, -0.25) is 4.79 Å². The zero-order chi connectivity index (χ0) is 14.5. The third kappa shape index (κ3) is 3.79. The minimum Gasteiger partial charge on any atom is -0.480 e. The van der Waals surface area contributed by atoms with Gasteiger partial charge in [-0.15, -0.1) is 0 Å². The first-order valence-electron chi connectivity index (χ1n) is 6.26. The van der Waals surface area contributed by atoms with E-state index >= 15 is 0 Å². The van der Waals surface area contributed by atoms with Crippen molar-refractivity contribution < 1.29 is 14.7 Å². The van der Waals surface area contributed by atoms with Gasteiger partial charge in [-0.1, -0.05) is 43.7 Å². The Bertz CT molecular complexity index is 447. The van der Waals surface area contributed by atoms with Gasteiger partial charge in [0.05, 0.1) is 0 Å². The topological polar surface area (TPSA) is 92.4 Å². The molecule has 1 amide bonds. The van der Waals surface area contributed by atoms with Gasteiger partial charge in [0.1, 0.15) is 11.6 Å². The Morgan fingerprint density at radius 1 is 1.37 bits per heavy atom. The molecule has 1 unspecified atom stereocenters. The van der Waals surface area contributed by atoms with Crippen LogP contribution >= 0.6 is 0 Å². The molecular weight excluding hydrogens is 244 g/mol. The number of carboxylic acids is 1. The van der Waals surface area contributed by atoms with E-state index in [4.69, 9.17) is 5.73 Å². The Morgan fingerprint density at radius 3 is 2.42 bits per heavy atom. The Labute approximate surface area is 112 Å². The summed E-state index contributed by atoms with van der Waals surface area (Å²) in [5, 5.41) is 11.7. The van der Waals surface area contributed by atoms with E-state index in [1.807, 2.05) is 13.0 Å². The maximum absolute atomic E-state index is 12.0. The first-order chi connectivity index (χ1) is 8.90. The van der Waals surface area contributed by atoms with Crippen molar-refractivity contribution in [3.05, 3.63) is 35.9 Å². The average Bonchev–Trinajstić information content (AvgIpc) is 2.38. The number of hydrogen-bond donors (Lipinski definition) is 3. The van der Waals surface area contributed by atoms with Crippen molar-refractivity contribution in [2.24, 2.45) is 5.73 Å². The number of rotatable bonds is 6. The summed E-state index contributed by atoms with van der Waals surface area (Å²) in [6.45, 7) is 3.36. The van der Waals surface area contributed by atoms with E-state index in [1.54, 1.807) is 24.3 Å². The third-order valence-electron chi connectivity index (χ3n) is 3.06. The second-order valence-corrected chi connectivity index (χ2v) is 4.76. The standard InChI is InChI=1S/C14H20N2O3/c1-3-9-14(2,13(18)19)16-12(17)11(15)10-7-5-4-6-8-10/h4-8,11H,3,9,15H2,1-2H3,(H,16,17)(H,18,19)/t11-,14?/m1/s1. The first kappa shape index (κ1) is 15.2. The first-order valence-corrected chi connectivity index (χ1v) is 6.26. The molecule has 1 aromatic carbocycles. The largest absolute Gasteiger partial charge is 0.480 e. The summed E-state index contributed by atoms with van der Waals surface area (Å²) in [7, 11) is 0. The van der Waals surface area contributed by atoms with Gasteiger partial charge in [0.25, 0.3) is 0 Å². The van der Waals surface area contributed by atoms with Gasteiger partial charge in [-0.25, -0.2) is 4.79 Å². The highest BCUT2D eigenvalue weighted by molar-refractivity contribution is 5.89. The normalized spacial score (nSPS) is 15.3. The molecule has 5 nitrogen and oxygen atoms in total. The molecule has 0 saturated heterocycles. The average molecular weight is 264 g/mol. The summed E-state index contributed by atoms with van der Waals surface area (Å²) in [5.41, 5.74) is 5.21. The van der Waals surface area contributed by atoms with E-state index in [-0.39, 0.29) is 0 Å². The van der Waals surface area contributed by atoms with Crippen molar-refractivity contribution in [2.45, 2.75) is 38.3 Å². The molecule has 1 rings (SSSR count). The number of benzene rings is 1. The zero-order valence-electron chi connectivity index (χ0n) is 11.2. The second kappa shape index (κ2) is 6.33. The number of hydrogen-bond acceptors (Lipinski definition) is 3. The van der Waals surface area contributed by atoms with E-state index in [0.29, 0.717) is 18.4 Å². The molecule has 0 aliphatic rings. The lowest BCUT2D eigenvalue weighted by atomic mass is 9.95. The smallest absolute Gasteiger partial charge is 0.329 e. The summed E-state index contributed by atoms with van der Waals surface area (Å²) in [4.78, 5) is 23.3. The molecule has 0 saturated carbocycles. The maximum Gasteiger partial charge on any atom is 0.329 e. The number of nitrogens with one attached hydrogen (secondary N) is 1. The van der Waals surface area contributed by atoms with Crippen LogP contribution in [0.15, 0.2) is 30.3 Å². The van der Waals surface area contributed by atoms with Crippen LogP contribution in [0, 0.1) is 0 Å². The van der Waals surface area contributed by atoms with E-state index in [9.17, 15) is 14.7 Å². The number of amides is 1. The van der Waals surface area contributed by atoms with Crippen molar-refractivity contribution in [1.29, 1.82) is 0 Å². The summed E-state index contributed by atoms with van der Waals surface area (Å²) in [6, 6.07) is 8.00. The second-order valence-electron chi connectivity index (χ2n) is 4.76. The molecule has 0 aliphatic heterocycles. The summed E-state index contributed by atoms with van der Waals surface area (Å²) in [6.07, 6.45) is 1.01. The predicted octanol–water partition coefficient (Wildman–Crippen LogP) is 1.45. The lowest BCUT2D eigenvalue weighted by Gasteiger charge is -2.27. The Balaban J connectivity index is 2.81. The molecule has 2 atom stereocenters. The number of carbonyl (C=O) groups excluding carboxylic acids is 1. The van der Waals surface area contributed by atoms with E-state index in [1.165, 1.54) is 6.92 Å². The van der Waals surface area contributed by atoms with Gasteiger partial charge in [0.15, 0.2) is 0 Å². The highest BCUT2D eigenvalue weighted by atomic mass is 16.4. The number of carbonyl (C=O) groups is 2. The quantitative estimate of drug-likeness (QED) is 0.725. The highest BCUT2D eigenvalue weighted by Gasteiger charge is 2.35. The number of aliphatic carboxylic acids is 1. The summed E-state index contributed by atoms with van der Waals surface area (Å²) in [5.74, 6) is -1.53. The molecule has 104 valence electrons. The van der Waals surface area contributed by atoms with Crippen molar-refractivity contribution >= 4 is 11.9 Å². The van der Waals surface area contributed by atoms with Gasteiger partial charge in [0, 0.05) is 0 Å². The van der Waals surface area contributed by atoms with Crippen molar-refractivity contribution in [1.82, 2.24) is 5.32 Å². The van der Waals surface area contributed by atoms with E-state index in [0.717, 1.165) is 0 Å². The van der Waals surface area contributed by atoms with Crippen LogP contribution in [0.25, 0.3) is 0 Å². The number of nitrogens with two attached hydrogens (primary N) is 1. The fourth-order valence-corrected chi connectivity index (χ4v) is 1.88. The molecule has 0 heterocycles. The zero-order valence-corrected chi connectivity index (χ0v) is 11.2. The van der Waals surface area contributed by atoms with Crippen molar-refractivity contribution in [3.63, 3.8) is 0 Å². The summed E-state index contributed by atoms with van der Waals surface area (Å²) >= 11 is 0. The Kier molecular flexibility index (Phi) is 5.06. The molecule has 0 bridgehead atoms. The van der Waals surface area contributed by atoms with Gasteiger partial charge in [-0.05, 0) is 18.9 Å². The minimum absolute atomic E-state index is 0.357. The molecular formula is C14H20N2O3. The highest BCUT2D eigenvalue weighted by Crippen LogP contribution is 2.16. The van der Waals surface area contributed by atoms with Crippen LogP contribution in [-0.4, -0.2) is 22.5 Å². The van der Waals surface area contributed by atoms with Gasteiger partial charge in [-0.2, -0.15) is 0 Å². The van der Waals surface area contributed by atoms with Crippen LogP contribution in [0.4, 0.5) is 0 Å². The molecule has 1 aromatic rings. The van der Waals surface area contributed by atoms with Gasteiger partial charge in [0.2, 0.25) is 5.91 Å². The Morgan fingerprint density at radius 2 is 1.95 bits per heavy atom. The molecule has 0 spiro atoms. The van der Waals surface area contributed by atoms with Crippen LogP contribution in [0.2, 0.25) is 0 Å². The van der Waals surface area contributed by atoms with Crippen molar-refractivity contribution in [3.8, 4) is 0 Å². The lowest BCUT2D eigenvalue weighted by Crippen LogP contribution is -2.54. The molecule has 0 fully saturated rings. The van der Waals surface area contributed by atoms with E-state index < -0.39 is 23.5 Å². The SMILES string of the molecule is CCCC(C)(NC(=O)[C@H](N)c1ccccc1)C(=O)O. The fourth-order valence-electron chi connectivity index (χ4n) is 1.88. The molecule has 0 aromatic heterocycles. The predicted molar refractivity (Wildman–Crippen MR) is 72.5 cm³/mol. The van der Waals surface area contributed by atoms with Gasteiger partial charge < -0.3 is 16.2 Å². The molecule has 4 N–H and O–H groups in total. The monoisotopic (exact) mass is 264 g/mol. The molecule has 0 radical (unpaired) electrons. The lowest BCUT2D eigenvalue weighted by molar-refractivity contribution is -0.147. The summed E-state index contributed by atoms with van der Waals surface area (Å²) < 4.78 is 0. The molecule has 0 aliphatic carbocycles. The fraction of sp³-hybridized carbons (Fsp3) is 0.429. The van der Waals surface area contributed by atoms with Crippen LogP contribution in [0.3, 0.4) is 0 Å². The minimum atomic E-state index is -1.28. The number of carboxylic acid groups (broad SMARTS) is 1. The molecule has 5 heteroatoms. The maximum atomic E-state index is 12.0. The Hall–Kier alpha value is -1.88. The van der Waals surface area contributed by atoms with Crippen LogP contribution < -0.4 is 11.1 Å². The third-order valence-corrected chi connectivity index (χ3v) is 3.06. The van der Waals surface area contributed by atoms with E-state index in [2.05, 4.69) is 5.32 Å². The van der Waals surface area contributed by atoms with Crippen LogP contribution in [0.1, 0.15) is 38.3 Å². The van der Waals surface area contributed by atoms with Crippen molar-refractivity contribution in [2.75, 3.05) is 0 Å². The van der Waals surface area contributed by atoms with Gasteiger partial charge >= 0.3 is 5.97 Å². The van der Waals surface area contributed by atoms with Crippen LogP contribution in [0.5, 0.6) is 0 Å². The van der Waals surface area contributed by atoms with Crippen LogP contribution in [-0.2, 0) is 9.59 Å².